The Morgan fingerprint density at radius 1 is 0.970 bits per heavy atom. The van der Waals surface area contributed by atoms with Gasteiger partial charge in [0.15, 0.2) is 0 Å². The third-order valence-electron chi connectivity index (χ3n) is 5.40. The van der Waals surface area contributed by atoms with Crippen molar-refractivity contribution in [1.29, 1.82) is 0 Å². The van der Waals surface area contributed by atoms with Crippen molar-refractivity contribution in [2.24, 2.45) is 0 Å². The molecule has 168 valence electrons. The van der Waals surface area contributed by atoms with Crippen LogP contribution in [0.2, 0.25) is 5.02 Å². The van der Waals surface area contributed by atoms with Gasteiger partial charge in [-0.25, -0.2) is 4.39 Å². The Morgan fingerprint density at radius 2 is 1.64 bits per heavy atom. The summed E-state index contributed by atoms with van der Waals surface area (Å²) in [5.74, 6) is -1.94. The molecule has 8 heteroatoms. The highest BCUT2D eigenvalue weighted by Crippen LogP contribution is 2.43. The maximum absolute atomic E-state index is 13.5. The number of carbonyl (C=O) groups excluding carboxylic acids is 2. The van der Waals surface area contributed by atoms with Gasteiger partial charge in [-0.15, -0.1) is 0 Å². The SMILES string of the molecule is COc1ccc(OC)c(/C(O)=C2\C(=O)C(=O)N(c3ccc(F)cc3)C2c2ccc(Cl)cc2)c1. The molecule has 1 heterocycles. The second-order valence-corrected chi connectivity index (χ2v) is 7.70. The number of nitrogens with zero attached hydrogens (tertiary/aromatic N) is 1. The number of ketones is 1. The number of halogens is 2. The third kappa shape index (κ3) is 4.03. The summed E-state index contributed by atoms with van der Waals surface area (Å²) < 4.78 is 24.1. The summed E-state index contributed by atoms with van der Waals surface area (Å²) in [7, 11) is 2.89. The van der Waals surface area contributed by atoms with Crippen LogP contribution in [0.1, 0.15) is 17.2 Å². The van der Waals surface area contributed by atoms with E-state index in [2.05, 4.69) is 0 Å². The molecule has 1 unspecified atom stereocenters. The Kier molecular flexibility index (Phi) is 6.07. The van der Waals surface area contributed by atoms with E-state index in [1.165, 1.54) is 49.5 Å². The average molecular weight is 468 g/mol. The summed E-state index contributed by atoms with van der Waals surface area (Å²) >= 11 is 6.03. The first-order valence-electron chi connectivity index (χ1n) is 9.90. The van der Waals surface area contributed by atoms with Crippen molar-refractivity contribution >= 4 is 34.7 Å². The van der Waals surface area contributed by atoms with E-state index in [4.69, 9.17) is 21.1 Å². The number of carbonyl (C=O) groups is 2. The number of rotatable bonds is 5. The minimum absolute atomic E-state index is 0.141. The molecule has 1 N–H and O–H groups in total. The summed E-state index contributed by atoms with van der Waals surface area (Å²) in [4.78, 5) is 27.5. The number of methoxy groups -OCH3 is 2. The summed E-state index contributed by atoms with van der Waals surface area (Å²) in [6.45, 7) is 0. The molecule has 0 aromatic heterocycles. The van der Waals surface area contributed by atoms with Crippen molar-refractivity contribution in [3.05, 3.63) is 94.3 Å². The van der Waals surface area contributed by atoms with Gasteiger partial charge >= 0.3 is 0 Å². The molecule has 4 rings (SSSR count). The smallest absolute Gasteiger partial charge is 0.300 e. The number of anilines is 1. The monoisotopic (exact) mass is 467 g/mol. The Balaban J connectivity index is 1.97. The molecule has 33 heavy (non-hydrogen) atoms. The first kappa shape index (κ1) is 22.4. The van der Waals surface area contributed by atoms with E-state index < -0.39 is 29.3 Å². The largest absolute Gasteiger partial charge is 0.507 e. The maximum Gasteiger partial charge on any atom is 0.300 e. The van der Waals surface area contributed by atoms with E-state index in [0.717, 1.165) is 0 Å². The predicted molar refractivity (Wildman–Crippen MR) is 122 cm³/mol. The molecular weight excluding hydrogens is 449 g/mol. The van der Waals surface area contributed by atoms with Gasteiger partial charge in [0.05, 0.1) is 31.4 Å². The van der Waals surface area contributed by atoms with Crippen molar-refractivity contribution < 1.29 is 28.6 Å². The van der Waals surface area contributed by atoms with Gasteiger partial charge in [0.1, 0.15) is 23.1 Å². The zero-order chi connectivity index (χ0) is 23.7. The van der Waals surface area contributed by atoms with Gasteiger partial charge < -0.3 is 14.6 Å². The summed E-state index contributed by atoms with van der Waals surface area (Å²) in [6.07, 6.45) is 0. The molecule has 1 saturated heterocycles. The molecule has 1 fully saturated rings. The molecule has 3 aromatic carbocycles. The number of aliphatic hydroxyl groups excluding tert-OH is 1. The van der Waals surface area contributed by atoms with Crippen molar-refractivity contribution in [3.8, 4) is 11.5 Å². The highest BCUT2D eigenvalue weighted by Gasteiger charge is 2.47. The van der Waals surface area contributed by atoms with Gasteiger partial charge in [0.25, 0.3) is 11.7 Å². The van der Waals surface area contributed by atoms with Crippen LogP contribution in [-0.2, 0) is 9.59 Å². The number of hydrogen-bond acceptors (Lipinski definition) is 5. The fourth-order valence-electron chi connectivity index (χ4n) is 3.81. The Labute approximate surface area is 194 Å². The molecule has 1 amide bonds. The molecule has 6 nitrogen and oxygen atoms in total. The number of amides is 1. The molecule has 0 spiro atoms. The van der Waals surface area contributed by atoms with E-state index in [9.17, 15) is 19.1 Å². The number of Topliss-reactive ketones (excluding diaryl/α,β-unsaturated/α-hetero) is 1. The Hall–Kier alpha value is -3.84. The molecule has 1 atom stereocenters. The molecule has 3 aromatic rings. The second-order valence-electron chi connectivity index (χ2n) is 7.26. The van der Waals surface area contributed by atoms with Crippen molar-refractivity contribution in [2.75, 3.05) is 19.1 Å². The van der Waals surface area contributed by atoms with E-state index in [-0.39, 0.29) is 16.9 Å². The zero-order valence-corrected chi connectivity index (χ0v) is 18.5. The van der Waals surface area contributed by atoms with Gasteiger partial charge in [0, 0.05) is 10.7 Å². The minimum Gasteiger partial charge on any atom is -0.507 e. The molecule has 0 aliphatic carbocycles. The van der Waals surface area contributed by atoms with Crippen LogP contribution in [0.3, 0.4) is 0 Å². The normalized spacial score (nSPS) is 17.3. The Morgan fingerprint density at radius 3 is 2.24 bits per heavy atom. The predicted octanol–water partition coefficient (Wildman–Crippen LogP) is 5.12. The lowest BCUT2D eigenvalue weighted by atomic mass is 9.94. The quantitative estimate of drug-likeness (QED) is 0.320. The van der Waals surface area contributed by atoms with Gasteiger partial charge in [0.2, 0.25) is 0 Å². The first-order chi connectivity index (χ1) is 15.8. The lowest BCUT2D eigenvalue weighted by Crippen LogP contribution is -2.29. The average Bonchev–Trinajstić information content (AvgIpc) is 3.09. The highest BCUT2D eigenvalue weighted by molar-refractivity contribution is 6.51. The summed E-state index contributed by atoms with van der Waals surface area (Å²) in [5.41, 5.74) is 0.882. The van der Waals surface area contributed by atoms with Crippen LogP contribution < -0.4 is 14.4 Å². The topological polar surface area (TPSA) is 76.1 Å². The molecule has 0 saturated carbocycles. The maximum atomic E-state index is 13.5. The number of ether oxygens (including phenoxy) is 2. The highest BCUT2D eigenvalue weighted by atomic mass is 35.5. The summed E-state index contributed by atoms with van der Waals surface area (Å²) in [5, 5.41) is 11.8. The van der Waals surface area contributed by atoms with Crippen molar-refractivity contribution in [2.45, 2.75) is 6.04 Å². The van der Waals surface area contributed by atoms with Gasteiger partial charge in [-0.1, -0.05) is 23.7 Å². The van der Waals surface area contributed by atoms with Crippen LogP contribution in [-0.4, -0.2) is 31.0 Å². The fourth-order valence-corrected chi connectivity index (χ4v) is 3.93. The van der Waals surface area contributed by atoms with E-state index in [0.29, 0.717) is 22.0 Å². The van der Waals surface area contributed by atoms with E-state index in [1.807, 2.05) is 0 Å². The minimum atomic E-state index is -0.983. The molecule has 0 radical (unpaired) electrons. The van der Waals surface area contributed by atoms with Crippen LogP contribution in [0, 0.1) is 5.82 Å². The second kappa shape index (κ2) is 8.96. The van der Waals surface area contributed by atoms with Gasteiger partial charge in [-0.05, 0) is 60.2 Å². The van der Waals surface area contributed by atoms with Gasteiger partial charge in [-0.3, -0.25) is 14.5 Å². The zero-order valence-electron chi connectivity index (χ0n) is 17.7. The molecular formula is C25H19ClFNO5. The van der Waals surface area contributed by atoms with E-state index >= 15 is 0 Å². The number of benzene rings is 3. The summed E-state index contributed by atoms with van der Waals surface area (Å²) in [6, 6.07) is 15.5. The third-order valence-corrected chi connectivity index (χ3v) is 5.65. The molecule has 0 bridgehead atoms. The molecule has 1 aliphatic heterocycles. The van der Waals surface area contributed by atoms with Crippen molar-refractivity contribution in [1.82, 2.24) is 0 Å². The lowest BCUT2D eigenvalue weighted by molar-refractivity contribution is -0.132. The molecule has 1 aliphatic rings. The standard InChI is InChI=1S/C25H19ClFNO5/c1-32-18-11-12-20(33-2)19(13-18)23(29)21-22(14-3-5-15(26)6-4-14)28(25(31)24(21)30)17-9-7-16(27)8-10-17/h3-13,22,29H,1-2H3/b23-21+. The first-order valence-corrected chi connectivity index (χ1v) is 10.3. The number of hydrogen-bond donors (Lipinski definition) is 1. The number of aliphatic hydroxyl groups is 1. The van der Waals surface area contributed by atoms with Crippen LogP contribution in [0.15, 0.2) is 72.3 Å². The van der Waals surface area contributed by atoms with E-state index in [1.54, 1.807) is 36.4 Å². The lowest BCUT2D eigenvalue weighted by Gasteiger charge is -2.25. The van der Waals surface area contributed by atoms with Crippen LogP contribution >= 0.6 is 11.6 Å². The van der Waals surface area contributed by atoms with Crippen LogP contribution in [0.4, 0.5) is 10.1 Å². The fraction of sp³-hybridized carbons (Fsp3) is 0.120. The Bertz CT molecular complexity index is 1250. The van der Waals surface area contributed by atoms with Crippen LogP contribution in [0.25, 0.3) is 5.76 Å². The van der Waals surface area contributed by atoms with Gasteiger partial charge in [-0.2, -0.15) is 0 Å². The van der Waals surface area contributed by atoms with Crippen LogP contribution in [0.5, 0.6) is 11.5 Å². The van der Waals surface area contributed by atoms with Crippen molar-refractivity contribution in [3.63, 3.8) is 0 Å².